The molecule has 1 aromatic rings. The molecule has 1 atom stereocenters. The van der Waals surface area contributed by atoms with Gasteiger partial charge in [0, 0.05) is 13.0 Å². The molecule has 1 unspecified atom stereocenters. The van der Waals surface area contributed by atoms with E-state index in [4.69, 9.17) is 15.0 Å². The van der Waals surface area contributed by atoms with E-state index in [1.54, 1.807) is 7.11 Å². The van der Waals surface area contributed by atoms with Crippen LogP contribution in [0.4, 0.5) is 0 Å². The molecule has 0 radical (unpaired) electrons. The van der Waals surface area contributed by atoms with Crippen LogP contribution in [-0.4, -0.2) is 23.9 Å². The fourth-order valence-electron chi connectivity index (χ4n) is 3.03. The summed E-state index contributed by atoms with van der Waals surface area (Å²) in [6.45, 7) is 7.38. The molecule has 1 aliphatic rings. The molecule has 114 valence electrons. The van der Waals surface area contributed by atoms with Gasteiger partial charge >= 0.3 is 0 Å². The number of hydrogen-bond acceptors (Lipinski definition) is 5. The number of hydrogen-bond donors (Lipinski definition) is 1. The first kappa shape index (κ1) is 15.4. The maximum absolute atomic E-state index is 5.91. The average molecular weight is 281 g/mol. The van der Waals surface area contributed by atoms with Gasteiger partial charge in [-0.1, -0.05) is 25.9 Å². The third-order valence-electron chi connectivity index (χ3n) is 4.44. The minimum Gasteiger partial charge on any atom is -0.383 e. The summed E-state index contributed by atoms with van der Waals surface area (Å²) in [6, 6.07) is -0.327. The Bertz CT molecular complexity index is 417. The standard InChI is InChI=1S/C15H27N3O2/c1-15(2,3)11-7-5-10(6-8-11)13-17-14(20-18-13)12(16)9-19-4/h10-12H,5-9,16H2,1-4H3. The Kier molecular flexibility index (Phi) is 4.81. The molecule has 0 amide bonds. The Morgan fingerprint density at radius 3 is 2.50 bits per heavy atom. The fourth-order valence-corrected chi connectivity index (χ4v) is 3.03. The Morgan fingerprint density at radius 2 is 1.95 bits per heavy atom. The molecule has 5 heteroatoms. The Balaban J connectivity index is 1.94. The van der Waals surface area contributed by atoms with Gasteiger partial charge in [0.25, 0.3) is 0 Å². The average Bonchev–Trinajstić information content (AvgIpc) is 2.88. The summed E-state index contributed by atoms with van der Waals surface area (Å²) in [4.78, 5) is 4.46. The van der Waals surface area contributed by atoms with Gasteiger partial charge < -0.3 is 15.0 Å². The van der Waals surface area contributed by atoms with Gasteiger partial charge in [0.15, 0.2) is 5.82 Å². The highest BCUT2D eigenvalue weighted by Gasteiger charge is 2.32. The summed E-state index contributed by atoms with van der Waals surface area (Å²) < 4.78 is 10.3. The number of aromatic nitrogens is 2. The Hall–Kier alpha value is -0.940. The van der Waals surface area contributed by atoms with Crippen molar-refractivity contribution in [3.05, 3.63) is 11.7 Å². The van der Waals surface area contributed by atoms with Crippen LogP contribution < -0.4 is 5.73 Å². The quantitative estimate of drug-likeness (QED) is 0.918. The van der Waals surface area contributed by atoms with Gasteiger partial charge in [-0.15, -0.1) is 0 Å². The van der Waals surface area contributed by atoms with Gasteiger partial charge in [0.2, 0.25) is 5.89 Å². The molecule has 0 spiro atoms. The van der Waals surface area contributed by atoms with Gasteiger partial charge in [0.05, 0.1) is 6.61 Å². The van der Waals surface area contributed by atoms with E-state index in [-0.39, 0.29) is 6.04 Å². The summed E-state index contributed by atoms with van der Waals surface area (Å²) in [6.07, 6.45) is 4.76. The first-order valence-electron chi connectivity index (χ1n) is 7.50. The Labute approximate surface area is 121 Å². The van der Waals surface area contributed by atoms with Crippen molar-refractivity contribution in [3.8, 4) is 0 Å². The molecule has 1 fully saturated rings. The molecule has 2 rings (SSSR count). The third-order valence-corrected chi connectivity index (χ3v) is 4.44. The first-order valence-corrected chi connectivity index (χ1v) is 7.50. The monoisotopic (exact) mass is 281 g/mol. The molecule has 0 aliphatic heterocycles. The van der Waals surface area contributed by atoms with Crippen LogP contribution in [0.25, 0.3) is 0 Å². The molecule has 1 saturated carbocycles. The summed E-state index contributed by atoms with van der Waals surface area (Å²) >= 11 is 0. The molecular formula is C15H27N3O2. The minimum atomic E-state index is -0.327. The van der Waals surface area contributed by atoms with E-state index >= 15 is 0 Å². The predicted octanol–water partition coefficient (Wildman–Crippen LogP) is 3.04. The van der Waals surface area contributed by atoms with Crippen LogP contribution in [-0.2, 0) is 4.74 Å². The molecule has 20 heavy (non-hydrogen) atoms. The van der Waals surface area contributed by atoms with Crippen LogP contribution in [0.15, 0.2) is 4.52 Å². The number of methoxy groups -OCH3 is 1. The number of nitrogens with zero attached hydrogens (tertiary/aromatic N) is 2. The van der Waals surface area contributed by atoms with Crippen molar-refractivity contribution in [1.29, 1.82) is 0 Å². The van der Waals surface area contributed by atoms with E-state index in [1.807, 2.05) is 0 Å². The largest absolute Gasteiger partial charge is 0.383 e. The van der Waals surface area contributed by atoms with Crippen molar-refractivity contribution < 1.29 is 9.26 Å². The molecule has 1 heterocycles. The fraction of sp³-hybridized carbons (Fsp3) is 0.867. The van der Waals surface area contributed by atoms with E-state index in [9.17, 15) is 0 Å². The molecule has 1 aliphatic carbocycles. The Morgan fingerprint density at radius 1 is 1.30 bits per heavy atom. The number of ether oxygens (including phenoxy) is 1. The van der Waals surface area contributed by atoms with Crippen molar-refractivity contribution in [1.82, 2.24) is 10.1 Å². The van der Waals surface area contributed by atoms with Crippen molar-refractivity contribution in [2.45, 2.75) is 58.4 Å². The van der Waals surface area contributed by atoms with E-state index in [0.29, 0.717) is 23.8 Å². The normalized spacial score (nSPS) is 25.6. The lowest BCUT2D eigenvalue weighted by Gasteiger charge is -2.36. The van der Waals surface area contributed by atoms with Crippen LogP contribution in [0.3, 0.4) is 0 Å². The van der Waals surface area contributed by atoms with Crippen LogP contribution in [0.2, 0.25) is 0 Å². The zero-order valence-electron chi connectivity index (χ0n) is 13.1. The van der Waals surface area contributed by atoms with Crippen LogP contribution in [0.5, 0.6) is 0 Å². The van der Waals surface area contributed by atoms with Crippen molar-refractivity contribution in [2.24, 2.45) is 17.1 Å². The minimum absolute atomic E-state index is 0.327. The number of rotatable bonds is 4. The molecule has 0 aromatic carbocycles. The summed E-state index contributed by atoms with van der Waals surface area (Å²) in [5.41, 5.74) is 6.30. The molecule has 5 nitrogen and oxygen atoms in total. The second-order valence-electron chi connectivity index (χ2n) is 6.97. The van der Waals surface area contributed by atoms with Crippen LogP contribution >= 0.6 is 0 Å². The second kappa shape index (κ2) is 6.22. The van der Waals surface area contributed by atoms with E-state index in [0.717, 1.165) is 24.6 Å². The molecule has 2 N–H and O–H groups in total. The lowest BCUT2D eigenvalue weighted by molar-refractivity contribution is 0.164. The highest BCUT2D eigenvalue weighted by atomic mass is 16.5. The first-order chi connectivity index (χ1) is 9.41. The van der Waals surface area contributed by atoms with Gasteiger partial charge in [-0.25, -0.2) is 0 Å². The maximum atomic E-state index is 5.91. The zero-order valence-corrected chi connectivity index (χ0v) is 13.1. The van der Waals surface area contributed by atoms with Crippen molar-refractivity contribution in [2.75, 3.05) is 13.7 Å². The molecule has 0 bridgehead atoms. The van der Waals surface area contributed by atoms with Gasteiger partial charge in [-0.2, -0.15) is 4.98 Å². The van der Waals surface area contributed by atoms with E-state index in [2.05, 4.69) is 30.9 Å². The van der Waals surface area contributed by atoms with Gasteiger partial charge in [-0.3, -0.25) is 0 Å². The van der Waals surface area contributed by atoms with E-state index < -0.39 is 0 Å². The van der Waals surface area contributed by atoms with E-state index in [1.165, 1.54) is 12.8 Å². The van der Waals surface area contributed by atoms with Crippen LogP contribution in [0, 0.1) is 11.3 Å². The molecular weight excluding hydrogens is 254 g/mol. The maximum Gasteiger partial charge on any atom is 0.245 e. The van der Waals surface area contributed by atoms with Crippen molar-refractivity contribution in [3.63, 3.8) is 0 Å². The SMILES string of the molecule is COCC(N)c1nc(C2CCC(C(C)(C)C)CC2)no1. The summed E-state index contributed by atoms with van der Waals surface area (Å²) in [5, 5.41) is 4.11. The lowest BCUT2D eigenvalue weighted by Crippen LogP contribution is -2.25. The lowest BCUT2D eigenvalue weighted by atomic mass is 9.70. The highest BCUT2D eigenvalue weighted by Crippen LogP contribution is 2.42. The molecule has 0 saturated heterocycles. The zero-order chi connectivity index (χ0) is 14.8. The van der Waals surface area contributed by atoms with Gasteiger partial charge in [-0.05, 0) is 37.0 Å². The van der Waals surface area contributed by atoms with Crippen molar-refractivity contribution >= 4 is 0 Å². The summed E-state index contributed by atoms with van der Waals surface area (Å²) in [5.74, 6) is 2.51. The predicted molar refractivity (Wildman–Crippen MR) is 77.3 cm³/mol. The summed E-state index contributed by atoms with van der Waals surface area (Å²) in [7, 11) is 1.62. The van der Waals surface area contributed by atoms with Gasteiger partial charge in [0.1, 0.15) is 6.04 Å². The smallest absolute Gasteiger partial charge is 0.245 e. The second-order valence-corrected chi connectivity index (χ2v) is 6.97. The highest BCUT2D eigenvalue weighted by molar-refractivity contribution is 5.00. The molecule has 1 aromatic heterocycles. The number of nitrogens with two attached hydrogens (primary N) is 1. The topological polar surface area (TPSA) is 74.2 Å². The third kappa shape index (κ3) is 3.58. The van der Waals surface area contributed by atoms with Crippen LogP contribution in [0.1, 0.15) is 70.1 Å².